The minimum absolute atomic E-state index is 0.248. The number of para-hydroxylation sites is 2. The van der Waals surface area contributed by atoms with E-state index in [-0.39, 0.29) is 5.91 Å². The molecule has 0 aliphatic carbocycles. The van der Waals surface area contributed by atoms with Gasteiger partial charge in [-0.3, -0.25) is 4.79 Å². The summed E-state index contributed by atoms with van der Waals surface area (Å²) < 4.78 is 6.97. The predicted octanol–water partition coefficient (Wildman–Crippen LogP) is 2.92. The van der Waals surface area contributed by atoms with Gasteiger partial charge in [-0.05, 0) is 42.0 Å². The number of hydrogen-bond donors (Lipinski definition) is 2. The minimum Gasteiger partial charge on any atom is -0.495 e. The van der Waals surface area contributed by atoms with Crippen LogP contribution in [0.1, 0.15) is 24.1 Å². The lowest BCUT2D eigenvalue weighted by Gasteiger charge is -2.28. The number of aryl methyl sites for hydroxylation is 1. The van der Waals surface area contributed by atoms with Crippen molar-refractivity contribution in [3.8, 4) is 5.75 Å². The Labute approximate surface area is 162 Å². The molecule has 8 nitrogen and oxygen atoms in total. The van der Waals surface area contributed by atoms with Crippen molar-refractivity contribution in [2.24, 2.45) is 0 Å². The van der Waals surface area contributed by atoms with Gasteiger partial charge in [-0.25, -0.2) is 0 Å². The number of nitrogens with one attached hydrogen (secondary N) is 2. The first kappa shape index (κ1) is 17.7. The summed E-state index contributed by atoms with van der Waals surface area (Å²) in [5.74, 6) is 0.841. The average Bonchev–Trinajstić information content (AvgIpc) is 3.15. The second-order valence-electron chi connectivity index (χ2n) is 6.58. The maximum atomic E-state index is 13.3. The number of nitrogens with zero attached hydrogens (tertiary/aromatic N) is 4. The maximum Gasteiger partial charge on any atom is 0.255 e. The predicted molar refractivity (Wildman–Crippen MR) is 105 cm³/mol. The molecule has 3 aromatic rings. The van der Waals surface area contributed by atoms with Gasteiger partial charge in [-0.15, -0.1) is 0 Å². The largest absolute Gasteiger partial charge is 0.495 e. The Bertz CT molecular complexity index is 1070. The highest BCUT2D eigenvalue weighted by Crippen LogP contribution is 2.35. The Morgan fingerprint density at radius 3 is 2.79 bits per heavy atom. The number of carbonyl (C=O) groups excluding carboxylic acids is 1. The van der Waals surface area contributed by atoms with Crippen LogP contribution in [-0.2, 0) is 4.79 Å². The number of hydrogen-bond acceptors (Lipinski definition) is 6. The van der Waals surface area contributed by atoms with Gasteiger partial charge < -0.3 is 15.4 Å². The summed E-state index contributed by atoms with van der Waals surface area (Å²) in [7, 11) is 1.57. The molecule has 28 heavy (non-hydrogen) atoms. The van der Waals surface area contributed by atoms with Crippen molar-refractivity contribution in [1.29, 1.82) is 0 Å². The lowest BCUT2D eigenvalue weighted by molar-refractivity contribution is -0.113. The summed E-state index contributed by atoms with van der Waals surface area (Å²) in [6.45, 7) is 3.86. The fourth-order valence-corrected chi connectivity index (χ4v) is 3.39. The second-order valence-corrected chi connectivity index (χ2v) is 6.58. The molecule has 0 spiro atoms. The maximum absolute atomic E-state index is 13.3. The molecule has 2 aromatic carbocycles. The number of rotatable bonds is 4. The van der Waals surface area contributed by atoms with Crippen LogP contribution in [0.25, 0.3) is 0 Å². The third-order valence-electron chi connectivity index (χ3n) is 4.67. The number of ether oxygens (including phenoxy) is 1. The third-order valence-corrected chi connectivity index (χ3v) is 4.67. The van der Waals surface area contributed by atoms with Crippen molar-refractivity contribution in [3.63, 3.8) is 0 Å². The molecule has 0 bridgehead atoms. The molecule has 0 fully saturated rings. The number of benzene rings is 2. The van der Waals surface area contributed by atoms with Gasteiger partial charge in [0.1, 0.15) is 11.8 Å². The molecule has 0 saturated heterocycles. The average molecular weight is 376 g/mol. The van der Waals surface area contributed by atoms with E-state index in [0.29, 0.717) is 28.7 Å². The molecule has 4 rings (SSSR count). The van der Waals surface area contributed by atoms with Crippen molar-refractivity contribution in [2.45, 2.75) is 19.9 Å². The number of anilines is 2. The fraction of sp³-hybridized carbons (Fsp3) is 0.200. The summed E-state index contributed by atoms with van der Waals surface area (Å²) >= 11 is 0. The molecule has 0 radical (unpaired) electrons. The van der Waals surface area contributed by atoms with Crippen LogP contribution in [0.5, 0.6) is 5.75 Å². The Balaban J connectivity index is 1.77. The smallest absolute Gasteiger partial charge is 0.255 e. The van der Waals surface area contributed by atoms with Crippen molar-refractivity contribution in [1.82, 2.24) is 20.2 Å². The molecule has 1 amide bonds. The lowest BCUT2D eigenvalue weighted by atomic mass is 9.94. The normalized spacial score (nSPS) is 15.6. The van der Waals surface area contributed by atoms with E-state index < -0.39 is 6.04 Å². The van der Waals surface area contributed by atoms with E-state index in [4.69, 9.17) is 4.74 Å². The van der Waals surface area contributed by atoms with Crippen LogP contribution in [-0.4, -0.2) is 33.2 Å². The van der Waals surface area contributed by atoms with Crippen LogP contribution < -0.4 is 15.4 Å². The Morgan fingerprint density at radius 2 is 2.00 bits per heavy atom. The molecule has 1 aromatic heterocycles. The summed E-state index contributed by atoms with van der Waals surface area (Å²) in [5.41, 5.74) is 3.85. The molecular weight excluding hydrogens is 356 g/mol. The zero-order chi connectivity index (χ0) is 19.7. The van der Waals surface area contributed by atoms with Crippen LogP contribution in [0.2, 0.25) is 0 Å². The number of amides is 1. The highest BCUT2D eigenvalue weighted by molar-refractivity contribution is 6.06. The molecule has 8 heteroatoms. The van der Waals surface area contributed by atoms with E-state index in [9.17, 15) is 4.79 Å². The van der Waals surface area contributed by atoms with Crippen LogP contribution >= 0.6 is 0 Å². The van der Waals surface area contributed by atoms with Gasteiger partial charge in [0.15, 0.2) is 0 Å². The van der Waals surface area contributed by atoms with Gasteiger partial charge in [0.2, 0.25) is 5.95 Å². The monoisotopic (exact) mass is 376 g/mol. The third kappa shape index (κ3) is 3.09. The van der Waals surface area contributed by atoms with Gasteiger partial charge in [0.25, 0.3) is 5.91 Å². The van der Waals surface area contributed by atoms with Crippen LogP contribution in [0.3, 0.4) is 0 Å². The zero-order valence-electron chi connectivity index (χ0n) is 15.8. The van der Waals surface area contributed by atoms with E-state index >= 15 is 0 Å². The Kier molecular flexibility index (Phi) is 4.52. The first-order valence-corrected chi connectivity index (χ1v) is 8.85. The van der Waals surface area contributed by atoms with Crippen LogP contribution in [0.15, 0.2) is 59.8 Å². The molecule has 1 aliphatic rings. The number of allylic oxidation sites excluding steroid dienone is 1. The number of aromatic nitrogens is 4. The second kappa shape index (κ2) is 7.15. The summed E-state index contributed by atoms with van der Waals surface area (Å²) in [4.78, 5) is 13.3. The molecule has 142 valence electrons. The van der Waals surface area contributed by atoms with Gasteiger partial charge in [-0.2, -0.15) is 4.68 Å². The highest BCUT2D eigenvalue weighted by Gasteiger charge is 2.34. The summed E-state index contributed by atoms with van der Waals surface area (Å²) in [5, 5.41) is 18.0. The van der Waals surface area contributed by atoms with Gasteiger partial charge >= 0.3 is 0 Å². The van der Waals surface area contributed by atoms with E-state index in [1.165, 1.54) is 0 Å². The molecule has 1 unspecified atom stereocenters. The van der Waals surface area contributed by atoms with E-state index in [1.54, 1.807) is 23.9 Å². The molecule has 2 heterocycles. The number of carbonyl (C=O) groups is 1. The quantitative estimate of drug-likeness (QED) is 0.727. The molecule has 0 saturated carbocycles. The number of tetrazole rings is 1. The van der Waals surface area contributed by atoms with Crippen molar-refractivity contribution in [2.75, 3.05) is 17.7 Å². The topological polar surface area (TPSA) is 94.0 Å². The lowest BCUT2D eigenvalue weighted by Crippen LogP contribution is -2.31. The number of fused-ring (bicyclic) bond motifs is 1. The first-order chi connectivity index (χ1) is 13.6. The SMILES string of the molecule is COc1ccccc1NC(=O)C1=C(C)Nc2nnnn2C1c1cccc(C)c1. The van der Waals surface area contributed by atoms with E-state index in [0.717, 1.165) is 11.1 Å². The Hall–Kier alpha value is -3.68. The van der Waals surface area contributed by atoms with Gasteiger partial charge in [0, 0.05) is 5.70 Å². The van der Waals surface area contributed by atoms with E-state index in [2.05, 4.69) is 26.2 Å². The van der Waals surface area contributed by atoms with Crippen LogP contribution in [0.4, 0.5) is 11.6 Å². The minimum atomic E-state index is -0.444. The fourth-order valence-electron chi connectivity index (χ4n) is 3.39. The highest BCUT2D eigenvalue weighted by atomic mass is 16.5. The first-order valence-electron chi connectivity index (χ1n) is 8.85. The molecular formula is C20H20N6O2. The zero-order valence-corrected chi connectivity index (χ0v) is 15.8. The van der Waals surface area contributed by atoms with Crippen LogP contribution in [0, 0.1) is 6.92 Å². The van der Waals surface area contributed by atoms with Gasteiger partial charge in [-0.1, -0.05) is 47.1 Å². The molecule has 1 atom stereocenters. The Morgan fingerprint density at radius 1 is 1.18 bits per heavy atom. The molecule has 2 N–H and O–H groups in total. The van der Waals surface area contributed by atoms with Gasteiger partial charge in [0.05, 0.1) is 18.4 Å². The van der Waals surface area contributed by atoms with E-state index in [1.807, 2.05) is 50.2 Å². The number of methoxy groups -OCH3 is 1. The van der Waals surface area contributed by atoms with Crippen molar-refractivity contribution < 1.29 is 9.53 Å². The summed E-state index contributed by atoms with van der Waals surface area (Å²) in [6.07, 6.45) is 0. The van der Waals surface area contributed by atoms with Crippen molar-refractivity contribution in [3.05, 3.63) is 70.9 Å². The summed E-state index contributed by atoms with van der Waals surface area (Å²) in [6, 6.07) is 14.8. The molecule has 1 aliphatic heterocycles. The standard InChI is InChI=1S/C20H20N6O2/c1-12-7-6-8-14(11-12)18-17(13(2)21-20-23-24-25-26(18)20)19(27)22-15-9-4-5-10-16(15)28-3/h4-11,18H,1-3H3,(H,22,27)(H,21,23,25). The van der Waals surface area contributed by atoms with Crippen molar-refractivity contribution >= 4 is 17.5 Å².